The average molecular weight is 344 g/mol. The summed E-state index contributed by atoms with van der Waals surface area (Å²) >= 11 is 0. The molecule has 0 spiro atoms. The van der Waals surface area contributed by atoms with E-state index in [2.05, 4.69) is 25.7 Å². The largest absolute Gasteiger partial charge is 0.379 e. The van der Waals surface area contributed by atoms with E-state index in [4.69, 9.17) is 4.74 Å². The van der Waals surface area contributed by atoms with Gasteiger partial charge in [-0.3, -0.25) is 9.48 Å². The van der Waals surface area contributed by atoms with Crippen molar-refractivity contribution in [3.63, 3.8) is 0 Å². The van der Waals surface area contributed by atoms with E-state index in [9.17, 15) is 4.79 Å². The average Bonchev–Trinajstić information content (AvgIpc) is 2.86. The Morgan fingerprint density at radius 3 is 2.96 bits per heavy atom. The van der Waals surface area contributed by atoms with E-state index >= 15 is 0 Å². The number of carbonyl (C=O) groups excluding carboxylic acids is 1. The van der Waals surface area contributed by atoms with Crippen molar-refractivity contribution >= 4 is 11.7 Å². The van der Waals surface area contributed by atoms with E-state index in [1.807, 2.05) is 33.0 Å². The number of nitrogens with one attached hydrogen (secondary N) is 2. The van der Waals surface area contributed by atoms with E-state index in [1.54, 1.807) is 10.9 Å². The molecule has 3 heterocycles. The highest BCUT2D eigenvalue weighted by atomic mass is 16.5. The van der Waals surface area contributed by atoms with Gasteiger partial charge in [0.15, 0.2) is 0 Å². The molecule has 8 nitrogen and oxygen atoms in total. The Balaban J connectivity index is 1.62. The number of hydrogen-bond acceptors (Lipinski definition) is 6. The molecular weight excluding hydrogens is 320 g/mol. The number of anilines is 1. The number of aromatic nitrogens is 4. The smallest absolute Gasteiger partial charge is 0.226 e. The second kappa shape index (κ2) is 7.60. The highest BCUT2D eigenvalue weighted by molar-refractivity contribution is 5.78. The summed E-state index contributed by atoms with van der Waals surface area (Å²) in [6.07, 6.45) is 2.79. The number of ether oxygens (including phenoxy) is 1. The normalized spacial score (nSPS) is 20.3. The molecule has 8 heteroatoms. The predicted molar refractivity (Wildman–Crippen MR) is 93.2 cm³/mol. The van der Waals surface area contributed by atoms with Crippen molar-refractivity contribution < 1.29 is 9.53 Å². The predicted octanol–water partition coefficient (Wildman–Crippen LogP) is 0.755. The van der Waals surface area contributed by atoms with Crippen LogP contribution >= 0.6 is 0 Å². The number of amides is 1. The zero-order valence-electron chi connectivity index (χ0n) is 14.8. The van der Waals surface area contributed by atoms with E-state index in [1.165, 1.54) is 0 Å². The van der Waals surface area contributed by atoms with Crippen LogP contribution < -0.4 is 10.6 Å². The van der Waals surface area contributed by atoms with Gasteiger partial charge in [-0.2, -0.15) is 5.10 Å². The van der Waals surface area contributed by atoms with Gasteiger partial charge < -0.3 is 15.4 Å². The third kappa shape index (κ3) is 4.54. The van der Waals surface area contributed by atoms with Crippen LogP contribution in [0.3, 0.4) is 0 Å². The molecule has 0 bridgehead atoms. The Hall–Kier alpha value is -2.48. The lowest BCUT2D eigenvalue weighted by molar-refractivity contribution is -0.121. The fourth-order valence-electron chi connectivity index (χ4n) is 3.03. The summed E-state index contributed by atoms with van der Waals surface area (Å²) in [5, 5.41) is 10.8. The Morgan fingerprint density at radius 2 is 2.24 bits per heavy atom. The molecule has 1 amide bonds. The maximum absolute atomic E-state index is 12.4. The second-order valence-corrected chi connectivity index (χ2v) is 6.35. The topological polar surface area (TPSA) is 94.0 Å². The fraction of sp³-hybridized carbons (Fsp3) is 0.529. The minimum atomic E-state index is -0.0275. The monoisotopic (exact) mass is 344 g/mol. The van der Waals surface area contributed by atoms with Crippen molar-refractivity contribution in [2.45, 2.75) is 38.8 Å². The highest BCUT2D eigenvalue weighted by Crippen LogP contribution is 2.14. The molecule has 2 aromatic heterocycles. The molecule has 0 unspecified atom stereocenters. The van der Waals surface area contributed by atoms with Crippen LogP contribution in [0, 0.1) is 13.8 Å². The Morgan fingerprint density at radius 1 is 1.40 bits per heavy atom. The van der Waals surface area contributed by atoms with Gasteiger partial charge in [-0.25, -0.2) is 9.97 Å². The van der Waals surface area contributed by atoms with Crippen LogP contribution in [0.15, 0.2) is 18.3 Å². The van der Waals surface area contributed by atoms with Gasteiger partial charge in [0.25, 0.3) is 0 Å². The van der Waals surface area contributed by atoms with Crippen molar-refractivity contribution in [1.82, 2.24) is 25.1 Å². The van der Waals surface area contributed by atoms with Gasteiger partial charge in [-0.1, -0.05) is 0 Å². The van der Waals surface area contributed by atoms with Crippen molar-refractivity contribution in [2.75, 3.05) is 18.5 Å². The lowest BCUT2D eigenvalue weighted by Crippen LogP contribution is -2.52. The maximum Gasteiger partial charge on any atom is 0.226 e. The third-order valence-corrected chi connectivity index (χ3v) is 4.25. The second-order valence-electron chi connectivity index (χ2n) is 6.35. The summed E-state index contributed by atoms with van der Waals surface area (Å²) in [4.78, 5) is 20.9. The summed E-state index contributed by atoms with van der Waals surface area (Å²) in [7, 11) is 1.85. The summed E-state index contributed by atoms with van der Waals surface area (Å²) in [5.41, 5.74) is 1.81. The number of aryl methyl sites for hydroxylation is 3. The molecule has 1 aliphatic heterocycles. The Labute approximate surface area is 147 Å². The maximum atomic E-state index is 12.4. The molecule has 25 heavy (non-hydrogen) atoms. The Kier molecular flexibility index (Phi) is 5.28. The van der Waals surface area contributed by atoms with Crippen LogP contribution in [0.1, 0.15) is 23.6 Å². The van der Waals surface area contributed by atoms with Crippen LogP contribution in [0.2, 0.25) is 0 Å². The van der Waals surface area contributed by atoms with Gasteiger partial charge in [0, 0.05) is 25.5 Å². The van der Waals surface area contributed by atoms with Crippen molar-refractivity contribution in [3.05, 3.63) is 35.5 Å². The lowest BCUT2D eigenvalue weighted by atomic mass is 10.0. The first kappa shape index (κ1) is 17.3. The molecule has 2 N–H and O–H groups in total. The summed E-state index contributed by atoms with van der Waals surface area (Å²) < 4.78 is 7.31. The van der Waals surface area contributed by atoms with Gasteiger partial charge >= 0.3 is 0 Å². The molecule has 0 aromatic carbocycles. The molecule has 134 valence electrons. The molecule has 0 saturated carbocycles. The van der Waals surface area contributed by atoms with Crippen molar-refractivity contribution in [1.29, 1.82) is 0 Å². The molecule has 1 aliphatic rings. The van der Waals surface area contributed by atoms with Crippen molar-refractivity contribution in [2.24, 2.45) is 7.05 Å². The minimum absolute atomic E-state index is 0.00848. The van der Waals surface area contributed by atoms with Crippen LogP contribution in [-0.4, -0.2) is 51.0 Å². The number of hydrogen-bond donors (Lipinski definition) is 2. The van der Waals surface area contributed by atoms with Gasteiger partial charge in [0.05, 0.1) is 30.8 Å². The molecule has 0 radical (unpaired) electrons. The zero-order chi connectivity index (χ0) is 17.8. The van der Waals surface area contributed by atoms with Gasteiger partial charge in [-0.15, -0.1) is 0 Å². The molecule has 3 rings (SSSR count). The van der Waals surface area contributed by atoms with Crippen LogP contribution in [0.5, 0.6) is 0 Å². The van der Waals surface area contributed by atoms with Crippen LogP contribution in [0.4, 0.5) is 5.82 Å². The molecule has 2 atom stereocenters. The van der Waals surface area contributed by atoms with E-state index in [0.29, 0.717) is 25.5 Å². The minimum Gasteiger partial charge on any atom is -0.379 e. The van der Waals surface area contributed by atoms with Gasteiger partial charge in [0.2, 0.25) is 5.91 Å². The number of nitrogens with zero attached hydrogens (tertiary/aromatic N) is 4. The van der Waals surface area contributed by atoms with Crippen LogP contribution in [0.25, 0.3) is 0 Å². The molecule has 1 fully saturated rings. The fourth-order valence-corrected chi connectivity index (χ4v) is 3.03. The lowest BCUT2D eigenvalue weighted by Gasteiger charge is -2.33. The van der Waals surface area contributed by atoms with Crippen LogP contribution in [-0.2, 0) is 23.0 Å². The standard InChI is InChI=1S/C17H24N6O2/c1-11-8-13(23(3)22-11)9-17(24)21-14-5-7-25-10-15(14)20-16-4-6-18-12(2)19-16/h4,6,8,14-15H,5,7,9-10H2,1-3H3,(H,21,24)(H,18,19,20)/t14-,15+/m0/s1. The zero-order valence-corrected chi connectivity index (χ0v) is 14.8. The number of rotatable bonds is 5. The van der Waals surface area contributed by atoms with E-state index < -0.39 is 0 Å². The quantitative estimate of drug-likeness (QED) is 0.831. The molecule has 2 aromatic rings. The van der Waals surface area contributed by atoms with Gasteiger partial charge in [0.1, 0.15) is 11.6 Å². The Bertz CT molecular complexity index is 744. The van der Waals surface area contributed by atoms with Crippen molar-refractivity contribution in [3.8, 4) is 0 Å². The molecule has 0 aliphatic carbocycles. The first-order valence-corrected chi connectivity index (χ1v) is 8.44. The summed E-state index contributed by atoms with van der Waals surface area (Å²) in [5.74, 6) is 1.43. The van der Waals surface area contributed by atoms with Gasteiger partial charge in [-0.05, 0) is 32.4 Å². The first-order valence-electron chi connectivity index (χ1n) is 8.44. The number of carbonyl (C=O) groups is 1. The highest BCUT2D eigenvalue weighted by Gasteiger charge is 2.27. The third-order valence-electron chi connectivity index (χ3n) is 4.25. The summed E-state index contributed by atoms with van der Waals surface area (Å²) in [6, 6.07) is 3.72. The van der Waals surface area contributed by atoms with E-state index in [-0.39, 0.29) is 18.0 Å². The van der Waals surface area contributed by atoms with E-state index in [0.717, 1.165) is 23.6 Å². The molecular formula is C17H24N6O2. The molecule has 1 saturated heterocycles. The SMILES string of the molecule is Cc1cc(CC(=O)N[C@H]2CCOC[C@H]2Nc2ccnc(C)n2)n(C)n1. The summed E-state index contributed by atoms with van der Waals surface area (Å²) in [6.45, 7) is 4.93. The first-order chi connectivity index (χ1) is 12.0.